The molecule has 0 fully saturated rings. The van der Waals surface area contributed by atoms with Gasteiger partial charge in [0.25, 0.3) is 0 Å². The van der Waals surface area contributed by atoms with E-state index in [4.69, 9.17) is 4.42 Å². The largest absolute Gasteiger partial charge is 0.443 e. The highest BCUT2D eigenvalue weighted by atomic mass is 16.3. The molecule has 0 radical (unpaired) electrons. The number of aliphatic hydroxyl groups is 1. The highest BCUT2D eigenvalue weighted by Crippen LogP contribution is 2.31. The number of fused-ring (bicyclic) bond motifs is 1. The molecular formula is C13H18N2O2. The van der Waals surface area contributed by atoms with E-state index in [1.54, 1.807) is 0 Å². The molecule has 1 N–H and O–H groups in total. The maximum atomic E-state index is 10.2. The topological polar surface area (TPSA) is 49.5 Å². The molecule has 0 aliphatic carbocycles. The Morgan fingerprint density at radius 2 is 2.06 bits per heavy atom. The van der Waals surface area contributed by atoms with Gasteiger partial charge in [-0.2, -0.15) is 0 Å². The molecule has 4 heteroatoms. The van der Waals surface area contributed by atoms with Gasteiger partial charge in [0, 0.05) is 0 Å². The molecule has 2 rings (SSSR count). The van der Waals surface area contributed by atoms with Crippen LogP contribution in [0.15, 0.2) is 29.0 Å². The van der Waals surface area contributed by atoms with Crippen LogP contribution in [0.5, 0.6) is 0 Å². The van der Waals surface area contributed by atoms with E-state index >= 15 is 0 Å². The first-order chi connectivity index (χ1) is 7.89. The Bertz CT molecular complexity index is 511. The van der Waals surface area contributed by atoms with Crippen LogP contribution in [0.4, 0.5) is 0 Å². The molecule has 1 aromatic heterocycles. The number of oxazole rings is 1. The fourth-order valence-corrected chi connectivity index (χ4v) is 2.38. The summed E-state index contributed by atoms with van der Waals surface area (Å²) >= 11 is 0. The lowest BCUT2D eigenvalue weighted by Gasteiger charge is -2.35. The second-order valence-electron chi connectivity index (χ2n) is 5.10. The van der Waals surface area contributed by atoms with E-state index in [1.165, 1.54) is 6.39 Å². The fourth-order valence-electron chi connectivity index (χ4n) is 2.38. The Labute approximate surface area is 101 Å². The van der Waals surface area contributed by atoms with Crippen LogP contribution in [0, 0.1) is 0 Å². The van der Waals surface area contributed by atoms with Crippen molar-refractivity contribution in [3.63, 3.8) is 0 Å². The first-order valence-electron chi connectivity index (χ1n) is 5.61. The van der Waals surface area contributed by atoms with Crippen LogP contribution in [0.25, 0.3) is 11.1 Å². The van der Waals surface area contributed by atoms with Gasteiger partial charge in [0.15, 0.2) is 12.0 Å². The average molecular weight is 234 g/mol. The lowest BCUT2D eigenvalue weighted by Crippen LogP contribution is -2.38. The standard InChI is InChI=1S/C13H18N2O2/c1-13(2,16)12(15(3)4)9-5-6-10-11(7-9)17-8-14-10/h5-8,12,16H,1-4H3. The highest BCUT2D eigenvalue weighted by Gasteiger charge is 2.30. The van der Waals surface area contributed by atoms with Crippen molar-refractivity contribution < 1.29 is 9.52 Å². The van der Waals surface area contributed by atoms with Crippen molar-refractivity contribution >= 4 is 11.1 Å². The minimum Gasteiger partial charge on any atom is -0.443 e. The molecule has 92 valence electrons. The number of benzene rings is 1. The van der Waals surface area contributed by atoms with Gasteiger partial charge in [0.05, 0.1) is 11.6 Å². The SMILES string of the molecule is CN(C)C(c1ccc2ncoc2c1)C(C)(C)O. The molecule has 1 atom stereocenters. The quantitative estimate of drug-likeness (QED) is 0.884. The van der Waals surface area contributed by atoms with Crippen LogP contribution in [0.1, 0.15) is 25.5 Å². The van der Waals surface area contributed by atoms with E-state index in [0.29, 0.717) is 0 Å². The number of rotatable bonds is 3. The van der Waals surface area contributed by atoms with Gasteiger partial charge in [-0.1, -0.05) is 6.07 Å². The summed E-state index contributed by atoms with van der Waals surface area (Å²) in [6, 6.07) is 5.74. The Kier molecular flexibility index (Phi) is 2.93. The molecule has 1 heterocycles. The third-order valence-electron chi connectivity index (χ3n) is 2.86. The van der Waals surface area contributed by atoms with Crippen molar-refractivity contribution in [1.82, 2.24) is 9.88 Å². The van der Waals surface area contributed by atoms with E-state index < -0.39 is 5.60 Å². The lowest BCUT2D eigenvalue weighted by molar-refractivity contribution is -0.00311. The average Bonchev–Trinajstić information content (AvgIpc) is 2.61. The van der Waals surface area contributed by atoms with Gasteiger partial charge in [0.1, 0.15) is 5.52 Å². The lowest BCUT2D eigenvalue weighted by atomic mass is 9.91. The molecule has 0 aliphatic rings. The number of likely N-dealkylation sites (N-methyl/N-ethyl adjacent to an activating group) is 1. The van der Waals surface area contributed by atoms with Gasteiger partial charge < -0.3 is 9.52 Å². The Morgan fingerprint density at radius 1 is 1.35 bits per heavy atom. The van der Waals surface area contributed by atoms with Gasteiger partial charge in [-0.15, -0.1) is 0 Å². The zero-order valence-corrected chi connectivity index (χ0v) is 10.6. The number of nitrogens with zero attached hydrogens (tertiary/aromatic N) is 2. The van der Waals surface area contributed by atoms with E-state index in [-0.39, 0.29) is 6.04 Å². The van der Waals surface area contributed by atoms with Crippen LogP contribution >= 0.6 is 0 Å². The van der Waals surface area contributed by atoms with Crippen molar-refractivity contribution in [2.24, 2.45) is 0 Å². The minimum absolute atomic E-state index is 0.0861. The highest BCUT2D eigenvalue weighted by molar-refractivity contribution is 5.73. The van der Waals surface area contributed by atoms with E-state index in [9.17, 15) is 5.11 Å². The summed E-state index contributed by atoms with van der Waals surface area (Å²) in [5.41, 5.74) is 1.78. The molecule has 2 aromatic rings. The molecule has 0 aliphatic heterocycles. The molecule has 1 unspecified atom stereocenters. The van der Waals surface area contributed by atoms with Crippen LogP contribution in [-0.2, 0) is 0 Å². The zero-order valence-electron chi connectivity index (χ0n) is 10.6. The molecule has 0 amide bonds. The van der Waals surface area contributed by atoms with Gasteiger partial charge in [-0.05, 0) is 45.6 Å². The Hall–Kier alpha value is -1.39. The van der Waals surface area contributed by atoms with Gasteiger partial charge in [0.2, 0.25) is 0 Å². The second kappa shape index (κ2) is 4.13. The summed E-state index contributed by atoms with van der Waals surface area (Å²) in [5.74, 6) is 0. The fraction of sp³-hybridized carbons (Fsp3) is 0.462. The van der Waals surface area contributed by atoms with Gasteiger partial charge in [-0.25, -0.2) is 4.98 Å². The van der Waals surface area contributed by atoms with Crippen LogP contribution in [-0.4, -0.2) is 34.7 Å². The normalized spacial score (nSPS) is 14.5. The van der Waals surface area contributed by atoms with Crippen molar-refractivity contribution in [3.05, 3.63) is 30.2 Å². The van der Waals surface area contributed by atoms with Crippen LogP contribution < -0.4 is 0 Å². The summed E-state index contributed by atoms with van der Waals surface area (Å²) in [7, 11) is 3.90. The number of hydrogen-bond donors (Lipinski definition) is 1. The van der Waals surface area contributed by atoms with E-state index in [1.807, 2.05) is 51.0 Å². The minimum atomic E-state index is -0.822. The molecule has 4 nitrogen and oxygen atoms in total. The molecule has 17 heavy (non-hydrogen) atoms. The van der Waals surface area contributed by atoms with Crippen LogP contribution in [0.2, 0.25) is 0 Å². The maximum Gasteiger partial charge on any atom is 0.181 e. The van der Waals surface area contributed by atoms with Crippen molar-refractivity contribution in [2.75, 3.05) is 14.1 Å². The molecule has 0 saturated heterocycles. The molecule has 0 spiro atoms. The summed E-state index contributed by atoms with van der Waals surface area (Å²) in [6.07, 6.45) is 1.43. The second-order valence-corrected chi connectivity index (χ2v) is 5.10. The molecule has 0 saturated carbocycles. The predicted molar refractivity (Wildman–Crippen MR) is 66.7 cm³/mol. The first kappa shape index (κ1) is 12.1. The summed E-state index contributed by atoms with van der Waals surface area (Å²) in [4.78, 5) is 6.08. The molecule has 0 bridgehead atoms. The molecular weight excluding hydrogens is 216 g/mol. The number of aromatic nitrogens is 1. The maximum absolute atomic E-state index is 10.2. The van der Waals surface area contributed by atoms with Crippen molar-refractivity contribution in [1.29, 1.82) is 0 Å². The monoisotopic (exact) mass is 234 g/mol. The summed E-state index contributed by atoms with van der Waals surface area (Å²) in [6.45, 7) is 3.62. The van der Waals surface area contributed by atoms with Gasteiger partial charge >= 0.3 is 0 Å². The Morgan fingerprint density at radius 3 is 2.65 bits per heavy atom. The summed E-state index contributed by atoms with van der Waals surface area (Å²) in [5, 5.41) is 10.2. The van der Waals surface area contributed by atoms with E-state index in [0.717, 1.165) is 16.7 Å². The van der Waals surface area contributed by atoms with Crippen molar-refractivity contribution in [3.8, 4) is 0 Å². The summed E-state index contributed by atoms with van der Waals surface area (Å²) < 4.78 is 5.29. The first-order valence-corrected chi connectivity index (χ1v) is 5.61. The van der Waals surface area contributed by atoms with Crippen molar-refractivity contribution in [2.45, 2.75) is 25.5 Å². The Balaban J connectivity index is 2.48. The predicted octanol–water partition coefficient (Wildman–Crippen LogP) is 2.20. The third-order valence-corrected chi connectivity index (χ3v) is 2.86. The third kappa shape index (κ3) is 2.33. The number of hydrogen-bond acceptors (Lipinski definition) is 4. The van der Waals surface area contributed by atoms with Gasteiger partial charge in [-0.3, -0.25) is 4.90 Å². The molecule has 1 aromatic carbocycles. The van der Waals surface area contributed by atoms with Crippen LogP contribution in [0.3, 0.4) is 0 Å². The smallest absolute Gasteiger partial charge is 0.181 e. The van der Waals surface area contributed by atoms with E-state index in [2.05, 4.69) is 4.98 Å². The zero-order chi connectivity index (χ0) is 12.6.